The fourth-order valence-corrected chi connectivity index (χ4v) is 2.94. The molecule has 0 N–H and O–H groups in total. The Labute approximate surface area is 131 Å². The van der Waals surface area contributed by atoms with Crippen LogP contribution in [0.2, 0.25) is 5.02 Å². The van der Waals surface area contributed by atoms with Crippen LogP contribution in [-0.4, -0.2) is 17.6 Å². The number of esters is 1. The Kier molecular flexibility index (Phi) is 4.64. The van der Waals surface area contributed by atoms with Crippen LogP contribution in [0.25, 0.3) is 10.6 Å². The van der Waals surface area contributed by atoms with Crippen molar-refractivity contribution in [3.05, 3.63) is 40.1 Å². The first kappa shape index (κ1) is 15.9. The molecule has 0 aliphatic carbocycles. The van der Waals surface area contributed by atoms with Gasteiger partial charge >= 0.3 is 5.97 Å². The van der Waals surface area contributed by atoms with Crippen molar-refractivity contribution in [2.45, 2.75) is 26.2 Å². The summed E-state index contributed by atoms with van der Waals surface area (Å²) < 4.78 is 19.0. The summed E-state index contributed by atoms with van der Waals surface area (Å²) in [7, 11) is 0. The van der Waals surface area contributed by atoms with E-state index in [9.17, 15) is 9.18 Å². The maximum absolute atomic E-state index is 13.9. The number of carbonyl (C=O) groups is 1. The minimum Gasteiger partial charge on any atom is -0.465 e. The van der Waals surface area contributed by atoms with Gasteiger partial charge in [0.15, 0.2) is 0 Å². The van der Waals surface area contributed by atoms with E-state index >= 15 is 0 Å². The van der Waals surface area contributed by atoms with Crippen LogP contribution in [0.3, 0.4) is 0 Å². The molecule has 0 radical (unpaired) electrons. The van der Waals surface area contributed by atoms with E-state index in [2.05, 4.69) is 4.98 Å². The first-order chi connectivity index (χ1) is 9.86. The molecular weight excluding hydrogens is 313 g/mol. The van der Waals surface area contributed by atoms with Crippen molar-refractivity contribution in [2.24, 2.45) is 0 Å². The number of rotatable bonds is 4. The Bertz CT molecular complexity index is 669. The van der Waals surface area contributed by atoms with Gasteiger partial charge in [0.1, 0.15) is 16.2 Å². The number of hydrogen-bond acceptors (Lipinski definition) is 4. The minimum absolute atomic E-state index is 0.311. The molecule has 0 aliphatic heterocycles. The van der Waals surface area contributed by atoms with Gasteiger partial charge in [-0.05, 0) is 39.0 Å². The number of benzene rings is 1. The van der Waals surface area contributed by atoms with Gasteiger partial charge in [-0.25, -0.2) is 9.37 Å². The summed E-state index contributed by atoms with van der Waals surface area (Å²) in [6.07, 6.45) is 0. The first-order valence-corrected chi connectivity index (χ1v) is 7.70. The molecule has 0 spiro atoms. The van der Waals surface area contributed by atoms with E-state index in [1.165, 1.54) is 17.4 Å². The van der Waals surface area contributed by atoms with E-state index in [0.717, 1.165) is 0 Å². The van der Waals surface area contributed by atoms with Crippen molar-refractivity contribution in [1.82, 2.24) is 4.98 Å². The molecule has 0 aliphatic rings. The number of thiazole rings is 1. The Balaban J connectivity index is 2.35. The molecule has 0 atom stereocenters. The standard InChI is InChI=1S/C15H15ClFNO2S/c1-4-20-14(19)15(2,3)12-8-21-13(18-12)10-6-5-9(16)7-11(10)17/h5-8H,4H2,1-3H3. The summed E-state index contributed by atoms with van der Waals surface area (Å²) >= 11 is 7.02. The van der Waals surface area contributed by atoms with Crippen LogP contribution in [0.1, 0.15) is 26.5 Å². The van der Waals surface area contributed by atoms with E-state index in [1.807, 2.05) is 0 Å². The van der Waals surface area contributed by atoms with Crippen molar-refractivity contribution in [2.75, 3.05) is 6.61 Å². The molecule has 1 heterocycles. The van der Waals surface area contributed by atoms with Crippen LogP contribution in [-0.2, 0) is 14.9 Å². The molecule has 1 aromatic carbocycles. The third kappa shape index (κ3) is 3.24. The van der Waals surface area contributed by atoms with Crippen molar-refractivity contribution < 1.29 is 13.9 Å². The predicted octanol–water partition coefficient (Wildman–Crippen LogP) is 4.44. The zero-order valence-corrected chi connectivity index (χ0v) is 13.5. The van der Waals surface area contributed by atoms with E-state index in [4.69, 9.17) is 16.3 Å². The van der Waals surface area contributed by atoms with Crippen LogP contribution < -0.4 is 0 Å². The number of hydrogen-bond donors (Lipinski definition) is 0. The fraction of sp³-hybridized carbons (Fsp3) is 0.333. The first-order valence-electron chi connectivity index (χ1n) is 6.45. The largest absolute Gasteiger partial charge is 0.465 e. The van der Waals surface area contributed by atoms with Gasteiger partial charge in [-0.3, -0.25) is 4.79 Å². The summed E-state index contributed by atoms with van der Waals surface area (Å²) in [6, 6.07) is 4.43. The lowest BCUT2D eigenvalue weighted by Crippen LogP contribution is -2.31. The molecule has 0 fully saturated rings. The molecule has 3 nitrogen and oxygen atoms in total. The van der Waals surface area contributed by atoms with Crippen LogP contribution in [0.4, 0.5) is 4.39 Å². The number of carbonyl (C=O) groups excluding carboxylic acids is 1. The SMILES string of the molecule is CCOC(=O)C(C)(C)c1csc(-c2ccc(Cl)cc2F)n1. The van der Waals surface area contributed by atoms with Gasteiger partial charge in [-0.15, -0.1) is 11.3 Å². The highest BCUT2D eigenvalue weighted by Crippen LogP contribution is 2.32. The van der Waals surface area contributed by atoms with Crippen molar-refractivity contribution in [3.8, 4) is 10.6 Å². The molecule has 112 valence electrons. The van der Waals surface area contributed by atoms with E-state index in [1.54, 1.807) is 38.3 Å². The Hall–Kier alpha value is -1.46. The number of nitrogens with zero attached hydrogens (tertiary/aromatic N) is 1. The molecule has 0 saturated carbocycles. The van der Waals surface area contributed by atoms with Gasteiger partial charge < -0.3 is 4.74 Å². The van der Waals surface area contributed by atoms with Gasteiger partial charge in [-0.1, -0.05) is 11.6 Å². The molecule has 0 unspecified atom stereocenters. The maximum Gasteiger partial charge on any atom is 0.317 e. The fourth-order valence-electron chi connectivity index (χ4n) is 1.76. The number of aromatic nitrogens is 1. The number of ether oxygens (including phenoxy) is 1. The maximum atomic E-state index is 13.9. The predicted molar refractivity (Wildman–Crippen MR) is 82.2 cm³/mol. The van der Waals surface area contributed by atoms with Gasteiger partial charge in [0, 0.05) is 16.0 Å². The van der Waals surface area contributed by atoms with Crippen LogP contribution in [0.15, 0.2) is 23.6 Å². The highest BCUT2D eigenvalue weighted by molar-refractivity contribution is 7.13. The Morgan fingerprint density at radius 1 is 1.48 bits per heavy atom. The average molecular weight is 328 g/mol. The highest BCUT2D eigenvalue weighted by atomic mass is 35.5. The molecule has 2 rings (SSSR count). The molecule has 6 heteroatoms. The van der Waals surface area contributed by atoms with E-state index in [0.29, 0.717) is 27.9 Å². The molecule has 1 aromatic heterocycles. The molecule has 0 bridgehead atoms. The van der Waals surface area contributed by atoms with Crippen LogP contribution in [0.5, 0.6) is 0 Å². The zero-order valence-electron chi connectivity index (χ0n) is 11.9. The third-order valence-corrected chi connectivity index (χ3v) is 4.20. The third-order valence-electron chi connectivity index (χ3n) is 3.09. The molecule has 2 aromatic rings. The lowest BCUT2D eigenvalue weighted by Gasteiger charge is -2.19. The summed E-state index contributed by atoms with van der Waals surface area (Å²) in [5.74, 6) is -0.782. The summed E-state index contributed by atoms with van der Waals surface area (Å²) in [5, 5.41) is 2.59. The molecule has 21 heavy (non-hydrogen) atoms. The summed E-state index contributed by atoms with van der Waals surface area (Å²) in [6.45, 7) is 5.54. The lowest BCUT2D eigenvalue weighted by atomic mass is 9.90. The average Bonchev–Trinajstić information content (AvgIpc) is 2.89. The van der Waals surface area contributed by atoms with Crippen LogP contribution >= 0.6 is 22.9 Å². The Morgan fingerprint density at radius 3 is 2.81 bits per heavy atom. The second-order valence-electron chi connectivity index (χ2n) is 5.01. The van der Waals surface area contributed by atoms with Gasteiger partial charge in [0.05, 0.1) is 12.3 Å². The van der Waals surface area contributed by atoms with Gasteiger partial charge in [0.25, 0.3) is 0 Å². The zero-order chi connectivity index (χ0) is 15.6. The smallest absolute Gasteiger partial charge is 0.317 e. The topological polar surface area (TPSA) is 39.2 Å². The Morgan fingerprint density at radius 2 is 2.19 bits per heavy atom. The van der Waals surface area contributed by atoms with Crippen LogP contribution in [0, 0.1) is 5.82 Å². The molecular formula is C15H15ClFNO2S. The lowest BCUT2D eigenvalue weighted by molar-refractivity contribution is -0.148. The minimum atomic E-state index is -0.867. The highest BCUT2D eigenvalue weighted by Gasteiger charge is 2.34. The normalized spacial score (nSPS) is 11.5. The quantitative estimate of drug-likeness (QED) is 0.779. The van der Waals surface area contributed by atoms with E-state index in [-0.39, 0.29) is 5.97 Å². The van der Waals surface area contributed by atoms with Gasteiger partial charge in [-0.2, -0.15) is 0 Å². The van der Waals surface area contributed by atoms with Crippen molar-refractivity contribution in [1.29, 1.82) is 0 Å². The van der Waals surface area contributed by atoms with E-state index < -0.39 is 11.2 Å². The molecule has 0 amide bonds. The van der Waals surface area contributed by atoms with Gasteiger partial charge in [0.2, 0.25) is 0 Å². The second kappa shape index (κ2) is 6.12. The molecule has 0 saturated heterocycles. The van der Waals surface area contributed by atoms with Crippen molar-refractivity contribution in [3.63, 3.8) is 0 Å². The summed E-state index contributed by atoms with van der Waals surface area (Å²) in [5.41, 5.74) is 0.0683. The summed E-state index contributed by atoms with van der Waals surface area (Å²) in [4.78, 5) is 16.4. The second-order valence-corrected chi connectivity index (χ2v) is 6.30. The number of halogens is 2. The van der Waals surface area contributed by atoms with Crippen molar-refractivity contribution >= 4 is 28.9 Å². The monoisotopic (exact) mass is 327 g/mol.